The summed E-state index contributed by atoms with van der Waals surface area (Å²) in [5.41, 5.74) is 1.78. The lowest BCUT2D eigenvalue weighted by Crippen LogP contribution is -2.46. The fourth-order valence-corrected chi connectivity index (χ4v) is 5.04. The maximum absolute atomic E-state index is 14.2. The molecule has 0 bridgehead atoms. The molecule has 4 heterocycles. The average Bonchev–Trinajstić information content (AvgIpc) is 3.34. The normalized spacial score (nSPS) is 17.1. The van der Waals surface area contributed by atoms with E-state index in [-0.39, 0.29) is 23.8 Å². The molecule has 0 spiro atoms. The van der Waals surface area contributed by atoms with E-state index in [4.69, 9.17) is 21.3 Å². The third-order valence-corrected chi connectivity index (χ3v) is 7.23. The largest absolute Gasteiger partial charge is 0.378 e. The summed E-state index contributed by atoms with van der Waals surface area (Å²) in [7, 11) is 1.89. The molecule has 2 saturated heterocycles. The first kappa shape index (κ1) is 25.5. The molecule has 2 aromatic heterocycles. The van der Waals surface area contributed by atoms with Crippen molar-refractivity contribution in [2.24, 2.45) is 0 Å². The molecule has 10 nitrogen and oxygen atoms in total. The molecule has 0 N–H and O–H groups in total. The van der Waals surface area contributed by atoms with Gasteiger partial charge in [-0.25, -0.2) is 13.8 Å². The number of rotatable bonds is 6. The summed E-state index contributed by atoms with van der Waals surface area (Å²) in [6.07, 6.45) is -1.40. The van der Waals surface area contributed by atoms with Crippen molar-refractivity contribution >= 4 is 40.4 Å². The minimum Gasteiger partial charge on any atom is -0.378 e. The van der Waals surface area contributed by atoms with Crippen LogP contribution < -0.4 is 9.80 Å². The molecule has 1 amide bonds. The van der Waals surface area contributed by atoms with E-state index < -0.39 is 12.2 Å². The fraction of sp³-hybridized carbons (Fsp3) is 0.542. The number of morpholine rings is 1. The molecule has 2 aliphatic heterocycles. The van der Waals surface area contributed by atoms with Gasteiger partial charge in [-0.2, -0.15) is 15.0 Å². The zero-order valence-corrected chi connectivity index (χ0v) is 21.5. The van der Waals surface area contributed by atoms with E-state index >= 15 is 0 Å². The number of anilines is 2. The lowest BCUT2D eigenvalue weighted by molar-refractivity contribution is -0.129. The second kappa shape index (κ2) is 10.7. The predicted molar refractivity (Wildman–Crippen MR) is 136 cm³/mol. The Kier molecular flexibility index (Phi) is 7.38. The molecule has 0 radical (unpaired) electrons. The van der Waals surface area contributed by atoms with Crippen molar-refractivity contribution in [2.75, 3.05) is 62.1 Å². The Morgan fingerprint density at radius 1 is 1.11 bits per heavy atom. The highest BCUT2D eigenvalue weighted by Gasteiger charge is 2.29. The minimum absolute atomic E-state index is 0.0367. The number of carbonyl (C=O) groups is 1. The molecule has 0 saturated carbocycles. The Balaban J connectivity index is 1.57. The topological polar surface area (TPSA) is 92.5 Å². The number of amides is 1. The first-order valence-corrected chi connectivity index (χ1v) is 12.8. The lowest BCUT2D eigenvalue weighted by Gasteiger charge is -2.37. The zero-order valence-electron chi connectivity index (χ0n) is 20.8. The molecule has 198 valence electrons. The number of para-hydroxylation sites is 1. The van der Waals surface area contributed by atoms with E-state index in [1.54, 1.807) is 17.0 Å². The zero-order chi connectivity index (χ0) is 26.1. The number of benzene rings is 1. The maximum Gasteiger partial charge on any atom is 0.296 e. The van der Waals surface area contributed by atoms with Crippen molar-refractivity contribution in [2.45, 2.75) is 32.2 Å². The van der Waals surface area contributed by atoms with Gasteiger partial charge in [-0.3, -0.25) is 9.36 Å². The van der Waals surface area contributed by atoms with Crippen LogP contribution in [0.5, 0.6) is 0 Å². The van der Waals surface area contributed by atoms with Gasteiger partial charge in [0, 0.05) is 39.3 Å². The molecule has 13 heteroatoms. The number of alkyl halides is 3. The Morgan fingerprint density at radius 2 is 1.81 bits per heavy atom. The lowest BCUT2D eigenvalue weighted by atomic mass is 10.0. The Labute approximate surface area is 218 Å². The quantitative estimate of drug-likeness (QED) is 0.446. The predicted octanol–water partition coefficient (Wildman–Crippen LogP) is 2.96. The molecule has 3 aromatic rings. The van der Waals surface area contributed by atoms with E-state index in [1.165, 1.54) is 4.57 Å². The molecular formula is C24H29ClF2N8O2. The molecule has 2 aliphatic rings. The van der Waals surface area contributed by atoms with Gasteiger partial charge in [-0.05, 0) is 31.4 Å². The highest BCUT2D eigenvalue weighted by atomic mass is 35.5. The summed E-state index contributed by atoms with van der Waals surface area (Å²) in [5.74, 6) is 0.344. The molecule has 1 aromatic carbocycles. The van der Waals surface area contributed by atoms with E-state index in [0.29, 0.717) is 75.2 Å². The number of ether oxygens (including phenoxy) is 1. The first-order chi connectivity index (χ1) is 17.9. The van der Waals surface area contributed by atoms with Gasteiger partial charge in [0.2, 0.25) is 23.8 Å². The van der Waals surface area contributed by atoms with Crippen LogP contribution in [0.4, 0.5) is 20.7 Å². The van der Waals surface area contributed by atoms with Crippen molar-refractivity contribution in [1.29, 1.82) is 0 Å². The minimum atomic E-state index is -2.82. The van der Waals surface area contributed by atoms with Crippen LogP contribution in [0.15, 0.2) is 18.2 Å². The SMILES string of the molecule is Cc1cccc2c1nc(C(F)F)n2-c1nc(N2CCOCC2)nc(N(C)C2CCN(C(=O)CCl)CC2)n1. The van der Waals surface area contributed by atoms with Gasteiger partial charge in [0.05, 0.1) is 24.2 Å². The van der Waals surface area contributed by atoms with Crippen molar-refractivity contribution in [3.05, 3.63) is 29.6 Å². The number of nitrogens with zero attached hydrogens (tertiary/aromatic N) is 8. The molecular weight excluding hydrogens is 506 g/mol. The number of halogens is 3. The van der Waals surface area contributed by atoms with Gasteiger partial charge in [0.1, 0.15) is 5.88 Å². The van der Waals surface area contributed by atoms with Gasteiger partial charge < -0.3 is 19.4 Å². The van der Waals surface area contributed by atoms with E-state index in [9.17, 15) is 13.6 Å². The second-order valence-corrected chi connectivity index (χ2v) is 9.51. The Morgan fingerprint density at radius 3 is 2.49 bits per heavy atom. The van der Waals surface area contributed by atoms with Crippen LogP contribution in [0.1, 0.15) is 30.7 Å². The Hall–Kier alpha value is -3.12. The van der Waals surface area contributed by atoms with Crippen LogP contribution in [0.2, 0.25) is 0 Å². The van der Waals surface area contributed by atoms with Crippen molar-refractivity contribution in [3.8, 4) is 5.95 Å². The van der Waals surface area contributed by atoms with E-state index in [2.05, 4.69) is 15.0 Å². The van der Waals surface area contributed by atoms with Crippen LogP contribution in [-0.4, -0.2) is 93.7 Å². The van der Waals surface area contributed by atoms with Gasteiger partial charge >= 0.3 is 0 Å². The number of aryl methyl sites for hydroxylation is 1. The van der Waals surface area contributed by atoms with Crippen molar-refractivity contribution in [3.63, 3.8) is 0 Å². The third-order valence-electron chi connectivity index (χ3n) is 7.00. The molecule has 0 atom stereocenters. The van der Waals surface area contributed by atoms with Gasteiger partial charge in [0.15, 0.2) is 5.82 Å². The number of piperidine rings is 1. The van der Waals surface area contributed by atoms with E-state index in [1.807, 2.05) is 29.8 Å². The smallest absolute Gasteiger partial charge is 0.296 e. The number of hydrogen-bond acceptors (Lipinski definition) is 8. The molecule has 2 fully saturated rings. The van der Waals surface area contributed by atoms with Gasteiger partial charge in [-0.15, -0.1) is 11.6 Å². The van der Waals surface area contributed by atoms with Crippen molar-refractivity contribution in [1.82, 2.24) is 29.4 Å². The Bertz CT molecular complexity index is 1280. The summed E-state index contributed by atoms with van der Waals surface area (Å²) >= 11 is 5.72. The molecule has 0 aliphatic carbocycles. The third kappa shape index (κ3) is 5.04. The van der Waals surface area contributed by atoms with Crippen LogP contribution in [-0.2, 0) is 9.53 Å². The average molecular weight is 535 g/mol. The summed E-state index contributed by atoms with van der Waals surface area (Å²) < 4.78 is 35.2. The monoisotopic (exact) mass is 534 g/mol. The number of hydrogen-bond donors (Lipinski definition) is 0. The summed E-state index contributed by atoms with van der Waals surface area (Å²) in [6, 6.07) is 5.44. The van der Waals surface area contributed by atoms with Gasteiger partial charge in [-0.1, -0.05) is 12.1 Å². The molecule has 37 heavy (non-hydrogen) atoms. The second-order valence-electron chi connectivity index (χ2n) is 9.24. The van der Waals surface area contributed by atoms with Crippen LogP contribution in [0.3, 0.4) is 0 Å². The van der Waals surface area contributed by atoms with E-state index in [0.717, 1.165) is 5.56 Å². The van der Waals surface area contributed by atoms with Crippen molar-refractivity contribution < 1.29 is 18.3 Å². The molecule has 0 unspecified atom stereocenters. The van der Waals surface area contributed by atoms with Crippen LogP contribution in [0, 0.1) is 6.92 Å². The number of aromatic nitrogens is 5. The number of fused-ring (bicyclic) bond motifs is 1. The first-order valence-electron chi connectivity index (χ1n) is 12.3. The standard InChI is InChI=1S/C24H29ClF2N8O2/c1-15-4-3-5-17-19(15)28-21(20(26)27)35(17)24-30-22(29-23(31-24)34-10-12-37-13-11-34)32(2)16-6-8-33(9-7-16)18(36)14-25/h3-5,16,20H,6-14H2,1-2H3. The van der Waals surface area contributed by atoms with Crippen LogP contribution in [0.25, 0.3) is 17.0 Å². The maximum atomic E-state index is 14.2. The number of carbonyl (C=O) groups excluding carboxylic acids is 1. The highest BCUT2D eigenvalue weighted by Crippen LogP contribution is 2.30. The summed E-state index contributed by atoms with van der Waals surface area (Å²) in [6.45, 7) is 5.20. The summed E-state index contributed by atoms with van der Waals surface area (Å²) in [4.78, 5) is 36.0. The van der Waals surface area contributed by atoms with Crippen LogP contribution >= 0.6 is 11.6 Å². The number of imidazole rings is 1. The highest BCUT2D eigenvalue weighted by molar-refractivity contribution is 6.27. The summed E-state index contributed by atoms with van der Waals surface area (Å²) in [5, 5.41) is 0. The number of likely N-dealkylation sites (tertiary alicyclic amines) is 1. The molecule has 5 rings (SSSR count). The van der Waals surface area contributed by atoms with Gasteiger partial charge in [0.25, 0.3) is 6.43 Å². The fourth-order valence-electron chi connectivity index (χ4n) is 4.87.